The number of nitrogens with one attached hydrogen (secondary N) is 1. The van der Waals surface area contributed by atoms with Crippen LogP contribution in [0.2, 0.25) is 0 Å². The Morgan fingerprint density at radius 2 is 1.88 bits per heavy atom. The molecule has 1 N–H and O–H groups in total. The smallest absolute Gasteiger partial charge is 0.231 e. The van der Waals surface area contributed by atoms with Crippen LogP contribution in [0.1, 0.15) is 29.9 Å². The van der Waals surface area contributed by atoms with Gasteiger partial charge in [-0.3, -0.25) is 0 Å². The Hall–Kier alpha value is -2.27. The van der Waals surface area contributed by atoms with Crippen LogP contribution in [0.4, 0.5) is 4.39 Å². The number of rotatable bonds is 4. The first-order chi connectivity index (χ1) is 11.8. The molecule has 126 valence electrons. The highest BCUT2D eigenvalue weighted by atomic mass is 19.1. The molecule has 2 aromatic carbocycles. The third-order valence-electron chi connectivity index (χ3n) is 4.62. The maximum Gasteiger partial charge on any atom is 0.231 e. The summed E-state index contributed by atoms with van der Waals surface area (Å²) in [6, 6.07) is 10.8. The fourth-order valence-electron chi connectivity index (χ4n) is 3.24. The highest BCUT2D eigenvalue weighted by Crippen LogP contribution is 2.35. The number of benzene rings is 2. The molecule has 0 radical (unpaired) electrons. The minimum atomic E-state index is -0.228. The average Bonchev–Trinajstić information content (AvgIpc) is 3.09. The Balaban J connectivity index is 1.47. The lowest BCUT2D eigenvalue weighted by molar-refractivity contribution is 0.173. The van der Waals surface area contributed by atoms with Crippen LogP contribution in [0.5, 0.6) is 17.2 Å². The van der Waals surface area contributed by atoms with Crippen LogP contribution in [0, 0.1) is 5.82 Å². The highest BCUT2D eigenvalue weighted by Gasteiger charge is 2.17. The number of piperidine rings is 1. The molecule has 1 fully saturated rings. The van der Waals surface area contributed by atoms with E-state index in [2.05, 4.69) is 5.32 Å². The molecular weight excluding hydrogens is 309 g/mol. The van der Waals surface area contributed by atoms with E-state index in [1.165, 1.54) is 5.56 Å². The van der Waals surface area contributed by atoms with E-state index >= 15 is 0 Å². The van der Waals surface area contributed by atoms with Gasteiger partial charge in [0, 0.05) is 11.6 Å². The lowest BCUT2D eigenvalue weighted by Gasteiger charge is -2.23. The van der Waals surface area contributed by atoms with Gasteiger partial charge in [0.1, 0.15) is 18.2 Å². The molecule has 0 aliphatic carbocycles. The summed E-state index contributed by atoms with van der Waals surface area (Å²) >= 11 is 0. The minimum Gasteiger partial charge on any atom is -0.489 e. The van der Waals surface area contributed by atoms with Crippen molar-refractivity contribution in [3.05, 3.63) is 53.3 Å². The van der Waals surface area contributed by atoms with Crippen molar-refractivity contribution < 1.29 is 18.6 Å². The molecule has 24 heavy (non-hydrogen) atoms. The van der Waals surface area contributed by atoms with Gasteiger partial charge in [-0.25, -0.2) is 4.39 Å². The van der Waals surface area contributed by atoms with Crippen molar-refractivity contribution in [3.63, 3.8) is 0 Å². The molecule has 2 aliphatic rings. The van der Waals surface area contributed by atoms with E-state index in [1.807, 2.05) is 18.2 Å². The van der Waals surface area contributed by atoms with Crippen molar-refractivity contribution in [3.8, 4) is 17.2 Å². The third-order valence-corrected chi connectivity index (χ3v) is 4.62. The lowest BCUT2D eigenvalue weighted by Crippen LogP contribution is -2.26. The zero-order chi connectivity index (χ0) is 16.4. The maximum atomic E-state index is 14.1. The first-order valence-corrected chi connectivity index (χ1v) is 8.31. The highest BCUT2D eigenvalue weighted by molar-refractivity contribution is 5.47. The number of hydrogen-bond donors (Lipinski definition) is 1. The quantitative estimate of drug-likeness (QED) is 0.930. The molecule has 5 heteroatoms. The first-order valence-electron chi connectivity index (χ1n) is 8.31. The summed E-state index contributed by atoms with van der Waals surface area (Å²) in [5.41, 5.74) is 1.78. The van der Waals surface area contributed by atoms with Gasteiger partial charge in [0.05, 0.1) is 0 Å². The van der Waals surface area contributed by atoms with Crippen molar-refractivity contribution in [2.75, 3.05) is 19.9 Å². The van der Waals surface area contributed by atoms with Crippen LogP contribution in [-0.2, 0) is 6.61 Å². The van der Waals surface area contributed by atoms with Crippen LogP contribution >= 0.6 is 0 Å². The molecular formula is C19H20FNO3. The fraction of sp³-hybridized carbons (Fsp3) is 0.368. The van der Waals surface area contributed by atoms with Gasteiger partial charge in [0.2, 0.25) is 6.79 Å². The first kappa shape index (κ1) is 15.3. The molecule has 0 bridgehead atoms. The van der Waals surface area contributed by atoms with Crippen LogP contribution in [-0.4, -0.2) is 19.9 Å². The summed E-state index contributed by atoms with van der Waals surface area (Å²) < 4.78 is 30.5. The number of fused-ring (bicyclic) bond motifs is 1. The standard InChI is InChI=1S/C19H20FNO3/c20-17-3-1-14(13-5-7-21-8-6-13)9-15(17)11-22-16-2-4-18-19(10-16)24-12-23-18/h1-4,9-10,13,21H,5-8,11-12H2. The zero-order valence-electron chi connectivity index (χ0n) is 13.4. The van der Waals surface area contributed by atoms with Crippen LogP contribution in [0.3, 0.4) is 0 Å². The molecule has 2 aromatic rings. The molecule has 0 amide bonds. The van der Waals surface area contributed by atoms with Crippen molar-refractivity contribution in [1.29, 1.82) is 0 Å². The maximum absolute atomic E-state index is 14.1. The topological polar surface area (TPSA) is 39.7 Å². The van der Waals surface area contributed by atoms with Crippen molar-refractivity contribution in [2.24, 2.45) is 0 Å². The molecule has 2 aliphatic heterocycles. The van der Waals surface area contributed by atoms with Crippen molar-refractivity contribution in [2.45, 2.75) is 25.4 Å². The molecule has 0 spiro atoms. The average molecular weight is 329 g/mol. The van der Waals surface area contributed by atoms with Crippen LogP contribution in [0.15, 0.2) is 36.4 Å². The Morgan fingerprint density at radius 3 is 2.75 bits per heavy atom. The predicted octanol–water partition coefficient (Wildman–Crippen LogP) is 3.60. The lowest BCUT2D eigenvalue weighted by atomic mass is 9.89. The summed E-state index contributed by atoms with van der Waals surface area (Å²) in [6.07, 6.45) is 2.18. The molecule has 4 nitrogen and oxygen atoms in total. The predicted molar refractivity (Wildman–Crippen MR) is 88.1 cm³/mol. The molecule has 4 rings (SSSR count). The van der Waals surface area contributed by atoms with Gasteiger partial charge in [-0.1, -0.05) is 6.07 Å². The molecule has 0 unspecified atom stereocenters. The second-order valence-corrected chi connectivity index (χ2v) is 6.18. The van der Waals surface area contributed by atoms with Crippen LogP contribution in [0.25, 0.3) is 0 Å². The third kappa shape index (κ3) is 3.17. The largest absolute Gasteiger partial charge is 0.489 e. The van der Waals surface area contributed by atoms with E-state index in [9.17, 15) is 4.39 Å². The van der Waals surface area contributed by atoms with Gasteiger partial charge in [-0.05, 0) is 61.7 Å². The Labute approximate surface area is 140 Å². The van der Waals surface area contributed by atoms with Crippen molar-refractivity contribution >= 4 is 0 Å². The van der Waals surface area contributed by atoms with Gasteiger partial charge in [-0.2, -0.15) is 0 Å². The van der Waals surface area contributed by atoms with Gasteiger partial charge in [0.15, 0.2) is 11.5 Å². The minimum absolute atomic E-state index is 0.199. The summed E-state index contributed by atoms with van der Waals surface area (Å²) in [6.45, 7) is 2.46. The van der Waals surface area contributed by atoms with E-state index in [4.69, 9.17) is 14.2 Å². The van der Waals surface area contributed by atoms with Gasteiger partial charge in [-0.15, -0.1) is 0 Å². The van der Waals surface area contributed by atoms with Gasteiger partial charge in [0.25, 0.3) is 0 Å². The van der Waals surface area contributed by atoms with E-state index in [-0.39, 0.29) is 19.2 Å². The Morgan fingerprint density at radius 1 is 1.04 bits per heavy atom. The second kappa shape index (κ2) is 6.69. The monoisotopic (exact) mass is 329 g/mol. The molecule has 0 saturated carbocycles. The number of halogens is 1. The van der Waals surface area contributed by atoms with E-state index in [0.29, 0.717) is 28.7 Å². The summed E-state index contributed by atoms with van der Waals surface area (Å²) in [5, 5.41) is 3.36. The number of hydrogen-bond acceptors (Lipinski definition) is 4. The van der Waals surface area contributed by atoms with Gasteiger partial charge < -0.3 is 19.5 Å². The molecule has 2 heterocycles. The normalized spacial score (nSPS) is 17.0. The van der Waals surface area contributed by atoms with Crippen molar-refractivity contribution in [1.82, 2.24) is 5.32 Å². The number of ether oxygens (including phenoxy) is 3. The summed E-state index contributed by atoms with van der Waals surface area (Å²) in [7, 11) is 0. The Kier molecular flexibility index (Phi) is 4.26. The summed E-state index contributed by atoms with van der Waals surface area (Å²) in [4.78, 5) is 0. The Bertz CT molecular complexity index is 729. The molecule has 0 aromatic heterocycles. The fourth-order valence-corrected chi connectivity index (χ4v) is 3.24. The van der Waals surface area contributed by atoms with E-state index in [0.717, 1.165) is 25.9 Å². The van der Waals surface area contributed by atoms with Crippen LogP contribution < -0.4 is 19.5 Å². The SMILES string of the molecule is Fc1ccc(C2CCNCC2)cc1COc1ccc2c(c1)OCO2. The van der Waals surface area contributed by atoms with Gasteiger partial charge >= 0.3 is 0 Å². The second-order valence-electron chi connectivity index (χ2n) is 6.18. The molecule has 0 atom stereocenters. The van der Waals surface area contributed by atoms with E-state index in [1.54, 1.807) is 18.2 Å². The zero-order valence-corrected chi connectivity index (χ0v) is 13.4. The van der Waals surface area contributed by atoms with E-state index < -0.39 is 0 Å². The summed E-state index contributed by atoms with van der Waals surface area (Å²) in [5.74, 6) is 2.29. The molecule has 1 saturated heterocycles.